The Bertz CT molecular complexity index is 662. The monoisotopic (exact) mass is 348 g/mol. The first-order valence-electron chi connectivity index (χ1n) is 7.28. The molecule has 0 aliphatic carbocycles. The highest BCUT2D eigenvalue weighted by molar-refractivity contribution is 9.10. The molecule has 0 saturated heterocycles. The number of benzene rings is 1. The van der Waals surface area contributed by atoms with Gasteiger partial charge in [-0.15, -0.1) is 0 Å². The zero-order chi connectivity index (χ0) is 15.6. The fraction of sp³-hybridized carbons (Fsp3) is 0.412. The van der Waals surface area contributed by atoms with Crippen molar-refractivity contribution in [2.24, 2.45) is 5.92 Å². The molecule has 2 aromatic rings. The minimum absolute atomic E-state index is 0.0871. The van der Waals surface area contributed by atoms with E-state index in [4.69, 9.17) is 0 Å². The summed E-state index contributed by atoms with van der Waals surface area (Å²) in [6.45, 7) is 9.69. The van der Waals surface area contributed by atoms with Crippen LogP contribution in [0.2, 0.25) is 0 Å². The number of hydrogen-bond donors (Lipinski definition) is 0. The van der Waals surface area contributed by atoms with Crippen LogP contribution in [0.5, 0.6) is 0 Å². The van der Waals surface area contributed by atoms with Gasteiger partial charge in [0.25, 0.3) is 5.91 Å². The summed E-state index contributed by atoms with van der Waals surface area (Å²) in [4.78, 5) is 19.3. The molecule has 0 spiro atoms. The molecule has 0 unspecified atom stereocenters. The minimum atomic E-state index is 0.0871. The van der Waals surface area contributed by atoms with Crippen LogP contribution in [0.25, 0.3) is 10.9 Å². The van der Waals surface area contributed by atoms with Gasteiger partial charge in [-0.2, -0.15) is 0 Å². The molecule has 4 heteroatoms. The van der Waals surface area contributed by atoms with Crippen molar-refractivity contribution in [3.05, 3.63) is 40.0 Å². The number of carbonyl (C=O) groups is 1. The average Bonchev–Trinajstić information content (AvgIpc) is 2.42. The molecule has 0 aliphatic rings. The maximum absolute atomic E-state index is 12.8. The van der Waals surface area contributed by atoms with Crippen LogP contribution < -0.4 is 0 Å². The Morgan fingerprint density at radius 1 is 1.33 bits per heavy atom. The smallest absolute Gasteiger partial charge is 0.254 e. The number of carbonyl (C=O) groups excluding carboxylic acids is 1. The van der Waals surface area contributed by atoms with Gasteiger partial charge < -0.3 is 4.90 Å². The van der Waals surface area contributed by atoms with Crippen molar-refractivity contribution in [1.82, 2.24) is 9.88 Å². The quantitative estimate of drug-likeness (QED) is 0.818. The second-order valence-electron chi connectivity index (χ2n) is 5.71. The molecule has 112 valence electrons. The van der Waals surface area contributed by atoms with Crippen molar-refractivity contribution < 1.29 is 4.79 Å². The Morgan fingerprint density at radius 3 is 2.67 bits per heavy atom. The number of rotatable bonds is 4. The third-order valence-electron chi connectivity index (χ3n) is 3.38. The van der Waals surface area contributed by atoms with Crippen molar-refractivity contribution >= 4 is 32.7 Å². The van der Waals surface area contributed by atoms with Crippen molar-refractivity contribution in [3.63, 3.8) is 0 Å². The molecule has 0 atom stereocenters. The topological polar surface area (TPSA) is 33.2 Å². The molecule has 0 fully saturated rings. The third kappa shape index (κ3) is 3.62. The molecule has 1 aromatic heterocycles. The number of hydrogen-bond acceptors (Lipinski definition) is 2. The lowest BCUT2D eigenvalue weighted by Crippen LogP contribution is -2.34. The molecule has 2 rings (SSSR count). The van der Waals surface area contributed by atoms with Crippen LogP contribution in [0, 0.1) is 12.8 Å². The standard InChI is InChI=1S/C17H21BrN2O/c1-5-20(10-11(2)3)17(21)15-8-12(4)19-16-9-13(18)6-7-14(15)16/h6-9,11H,5,10H2,1-4H3. The van der Waals surface area contributed by atoms with E-state index < -0.39 is 0 Å². The molecule has 1 aromatic carbocycles. The summed E-state index contributed by atoms with van der Waals surface area (Å²) in [6, 6.07) is 7.76. The van der Waals surface area contributed by atoms with Gasteiger partial charge in [-0.25, -0.2) is 0 Å². The first-order chi connectivity index (χ1) is 9.92. The van der Waals surface area contributed by atoms with E-state index in [0.717, 1.165) is 39.7 Å². The molecule has 0 radical (unpaired) electrons. The van der Waals surface area contributed by atoms with Gasteiger partial charge in [-0.05, 0) is 38.0 Å². The Hall–Kier alpha value is -1.42. The van der Waals surface area contributed by atoms with Gasteiger partial charge in [0.05, 0.1) is 11.1 Å². The van der Waals surface area contributed by atoms with Crippen LogP contribution in [0.15, 0.2) is 28.7 Å². The van der Waals surface area contributed by atoms with Crippen LogP contribution in [-0.2, 0) is 0 Å². The van der Waals surface area contributed by atoms with Crippen LogP contribution in [-0.4, -0.2) is 28.9 Å². The van der Waals surface area contributed by atoms with Crippen LogP contribution in [0.1, 0.15) is 36.8 Å². The summed E-state index contributed by atoms with van der Waals surface area (Å²) >= 11 is 3.46. The van der Waals surface area contributed by atoms with E-state index in [-0.39, 0.29) is 5.91 Å². The fourth-order valence-corrected chi connectivity index (χ4v) is 2.83. The second kappa shape index (κ2) is 6.56. The molecule has 21 heavy (non-hydrogen) atoms. The average molecular weight is 349 g/mol. The van der Waals surface area contributed by atoms with Crippen molar-refractivity contribution in [3.8, 4) is 0 Å². The summed E-state index contributed by atoms with van der Waals surface area (Å²) < 4.78 is 0.973. The van der Waals surface area contributed by atoms with E-state index in [1.807, 2.05) is 43.0 Å². The molecular weight excluding hydrogens is 328 g/mol. The van der Waals surface area contributed by atoms with Gasteiger partial charge in [-0.1, -0.05) is 35.8 Å². The van der Waals surface area contributed by atoms with E-state index in [0.29, 0.717) is 5.92 Å². The van der Waals surface area contributed by atoms with Gasteiger partial charge in [0.1, 0.15) is 0 Å². The Kier molecular flexibility index (Phi) is 4.99. The van der Waals surface area contributed by atoms with E-state index >= 15 is 0 Å². The molecule has 0 saturated carbocycles. The van der Waals surface area contributed by atoms with Crippen molar-refractivity contribution in [2.45, 2.75) is 27.7 Å². The lowest BCUT2D eigenvalue weighted by molar-refractivity contribution is 0.0747. The Labute approximate surface area is 134 Å². The lowest BCUT2D eigenvalue weighted by atomic mass is 10.1. The summed E-state index contributed by atoms with van der Waals surface area (Å²) in [5.74, 6) is 0.543. The SMILES string of the molecule is CCN(CC(C)C)C(=O)c1cc(C)nc2cc(Br)ccc12. The summed E-state index contributed by atoms with van der Waals surface area (Å²) in [6.07, 6.45) is 0. The van der Waals surface area contributed by atoms with Gasteiger partial charge in [-0.3, -0.25) is 9.78 Å². The van der Waals surface area contributed by atoms with E-state index in [1.165, 1.54) is 0 Å². The molecule has 1 amide bonds. The highest BCUT2D eigenvalue weighted by Gasteiger charge is 2.18. The lowest BCUT2D eigenvalue weighted by Gasteiger charge is -2.23. The zero-order valence-electron chi connectivity index (χ0n) is 13.0. The number of fused-ring (bicyclic) bond motifs is 1. The number of nitrogens with zero attached hydrogens (tertiary/aromatic N) is 2. The minimum Gasteiger partial charge on any atom is -0.339 e. The fourth-order valence-electron chi connectivity index (χ4n) is 2.48. The predicted molar refractivity (Wildman–Crippen MR) is 90.6 cm³/mol. The third-order valence-corrected chi connectivity index (χ3v) is 3.88. The summed E-state index contributed by atoms with van der Waals surface area (Å²) in [7, 11) is 0. The highest BCUT2D eigenvalue weighted by Crippen LogP contribution is 2.23. The number of aryl methyl sites for hydroxylation is 1. The molecular formula is C17H21BrN2O. The van der Waals surface area contributed by atoms with Crippen LogP contribution >= 0.6 is 15.9 Å². The normalized spacial score (nSPS) is 11.1. The van der Waals surface area contributed by atoms with E-state index in [1.54, 1.807) is 0 Å². The molecule has 1 heterocycles. The molecule has 0 N–H and O–H groups in total. The van der Waals surface area contributed by atoms with Crippen molar-refractivity contribution in [2.75, 3.05) is 13.1 Å². The molecule has 3 nitrogen and oxygen atoms in total. The number of aromatic nitrogens is 1. The maximum atomic E-state index is 12.8. The first-order valence-corrected chi connectivity index (χ1v) is 8.07. The van der Waals surface area contributed by atoms with Crippen LogP contribution in [0.3, 0.4) is 0 Å². The molecule has 0 aliphatic heterocycles. The van der Waals surface area contributed by atoms with Gasteiger partial charge in [0.15, 0.2) is 0 Å². The Balaban J connectivity index is 2.52. The van der Waals surface area contributed by atoms with Gasteiger partial charge >= 0.3 is 0 Å². The first kappa shape index (κ1) is 16.0. The van der Waals surface area contributed by atoms with Crippen molar-refractivity contribution in [1.29, 1.82) is 0 Å². The van der Waals surface area contributed by atoms with Crippen LogP contribution in [0.4, 0.5) is 0 Å². The largest absolute Gasteiger partial charge is 0.339 e. The van der Waals surface area contributed by atoms with Gasteiger partial charge in [0, 0.05) is 28.6 Å². The maximum Gasteiger partial charge on any atom is 0.254 e. The highest BCUT2D eigenvalue weighted by atomic mass is 79.9. The summed E-state index contributed by atoms with van der Waals surface area (Å²) in [5, 5.41) is 0.913. The van der Waals surface area contributed by atoms with E-state index in [9.17, 15) is 4.79 Å². The Morgan fingerprint density at radius 2 is 2.05 bits per heavy atom. The van der Waals surface area contributed by atoms with E-state index in [2.05, 4.69) is 34.8 Å². The predicted octanol–water partition coefficient (Wildman–Crippen LogP) is 4.42. The summed E-state index contributed by atoms with van der Waals surface area (Å²) in [5.41, 5.74) is 2.46. The van der Waals surface area contributed by atoms with Gasteiger partial charge in [0.2, 0.25) is 0 Å². The zero-order valence-corrected chi connectivity index (χ0v) is 14.6. The second-order valence-corrected chi connectivity index (χ2v) is 6.63. The molecule has 0 bridgehead atoms. The number of pyridine rings is 1. The number of halogens is 1. The number of amides is 1.